The molecule has 184 valence electrons. The fraction of sp³-hybridized carbons (Fsp3) is 0. The van der Waals surface area contributed by atoms with Gasteiger partial charge in [0.25, 0.3) is 0 Å². The van der Waals surface area contributed by atoms with Gasteiger partial charge in [-0.2, -0.15) is 0 Å². The molecule has 8 aromatic rings. The molecule has 0 atom stereocenters. The number of furan rings is 1. The van der Waals surface area contributed by atoms with Crippen molar-refractivity contribution in [3.05, 3.63) is 134 Å². The Morgan fingerprint density at radius 1 is 0.513 bits per heavy atom. The number of benzene rings is 5. The molecule has 0 fully saturated rings. The van der Waals surface area contributed by atoms with Crippen molar-refractivity contribution in [2.45, 2.75) is 0 Å². The van der Waals surface area contributed by atoms with Crippen molar-refractivity contribution >= 4 is 70.5 Å². The van der Waals surface area contributed by atoms with E-state index in [1.54, 1.807) is 0 Å². The molecule has 0 N–H and O–H groups in total. The molecular formula is C35H22N2OS. The Balaban J connectivity index is 1.31. The molecule has 0 aliphatic rings. The van der Waals surface area contributed by atoms with E-state index in [1.165, 1.54) is 20.2 Å². The first-order valence-electron chi connectivity index (χ1n) is 13.0. The lowest BCUT2D eigenvalue weighted by Crippen LogP contribution is -2.09. The largest absolute Gasteiger partial charge is 0.456 e. The summed E-state index contributed by atoms with van der Waals surface area (Å²) >= 11 is 1.84. The van der Waals surface area contributed by atoms with Crippen molar-refractivity contribution in [1.82, 2.24) is 4.98 Å². The Morgan fingerprint density at radius 2 is 1.18 bits per heavy atom. The second-order valence-corrected chi connectivity index (χ2v) is 10.7. The number of hydrogen-bond donors (Lipinski definition) is 0. The third kappa shape index (κ3) is 3.69. The van der Waals surface area contributed by atoms with E-state index in [4.69, 9.17) is 4.42 Å². The minimum absolute atomic E-state index is 0.881. The first-order chi connectivity index (χ1) is 19.3. The molecule has 0 unspecified atom stereocenters. The molecule has 8 rings (SSSR count). The Morgan fingerprint density at radius 3 is 2.03 bits per heavy atom. The van der Waals surface area contributed by atoms with E-state index in [0.717, 1.165) is 50.3 Å². The first kappa shape index (κ1) is 22.1. The van der Waals surface area contributed by atoms with Crippen LogP contribution in [-0.2, 0) is 0 Å². The van der Waals surface area contributed by atoms with Gasteiger partial charge in [-0.05, 0) is 60.7 Å². The van der Waals surface area contributed by atoms with Crippen LogP contribution in [0.5, 0.6) is 0 Å². The molecule has 0 amide bonds. The summed E-state index contributed by atoms with van der Waals surface area (Å²) in [6, 6.07) is 44.7. The van der Waals surface area contributed by atoms with E-state index in [9.17, 15) is 0 Å². The zero-order valence-electron chi connectivity index (χ0n) is 20.9. The Hall–Kier alpha value is -4.93. The maximum absolute atomic E-state index is 6.27. The Bertz CT molecular complexity index is 2010. The Labute approximate surface area is 229 Å². The molecule has 4 heteroatoms. The standard InChI is InChI=1S/C35H22N2OS/c1-3-10-32-27(7-1)28-18-16-25(21-33(28)38-32)37(24-14-12-23(13-15-24)31-9-5-6-20-36-31)26-17-19-30-29-8-2-4-11-34(29)39-35(30)22-26/h1-22H. The van der Waals surface area contributed by atoms with Crippen LogP contribution in [0.25, 0.3) is 53.4 Å². The van der Waals surface area contributed by atoms with Gasteiger partial charge in [0.15, 0.2) is 0 Å². The Kier molecular flexibility index (Phi) is 5.00. The summed E-state index contributed by atoms with van der Waals surface area (Å²) in [5.41, 5.74) is 7.07. The highest BCUT2D eigenvalue weighted by atomic mass is 32.1. The molecule has 0 saturated heterocycles. The van der Waals surface area contributed by atoms with Crippen LogP contribution < -0.4 is 4.90 Å². The first-order valence-corrected chi connectivity index (χ1v) is 13.8. The molecule has 3 heterocycles. The van der Waals surface area contributed by atoms with Gasteiger partial charge in [0.1, 0.15) is 11.2 Å². The van der Waals surface area contributed by atoms with Crippen molar-refractivity contribution in [1.29, 1.82) is 0 Å². The van der Waals surface area contributed by atoms with Crippen LogP contribution in [-0.4, -0.2) is 4.98 Å². The van der Waals surface area contributed by atoms with E-state index in [-0.39, 0.29) is 0 Å². The fourth-order valence-electron chi connectivity index (χ4n) is 5.47. The lowest BCUT2D eigenvalue weighted by Gasteiger charge is -2.25. The van der Waals surface area contributed by atoms with Gasteiger partial charge in [0, 0.05) is 65.8 Å². The molecule has 0 aliphatic carbocycles. The van der Waals surface area contributed by atoms with E-state index in [1.807, 2.05) is 47.9 Å². The molecule has 39 heavy (non-hydrogen) atoms. The third-order valence-electron chi connectivity index (χ3n) is 7.33. The molecule has 0 radical (unpaired) electrons. The maximum Gasteiger partial charge on any atom is 0.137 e. The second kappa shape index (κ2) is 8.83. The van der Waals surface area contributed by atoms with E-state index < -0.39 is 0 Å². The van der Waals surface area contributed by atoms with Crippen LogP contribution in [0.3, 0.4) is 0 Å². The number of fused-ring (bicyclic) bond motifs is 6. The van der Waals surface area contributed by atoms with Crippen molar-refractivity contribution in [3.8, 4) is 11.3 Å². The molecule has 3 nitrogen and oxygen atoms in total. The minimum Gasteiger partial charge on any atom is -0.456 e. The monoisotopic (exact) mass is 518 g/mol. The van der Waals surface area contributed by atoms with Crippen molar-refractivity contribution < 1.29 is 4.42 Å². The van der Waals surface area contributed by atoms with E-state index in [0.29, 0.717) is 0 Å². The lowest BCUT2D eigenvalue weighted by atomic mass is 10.1. The summed E-state index contributed by atoms with van der Waals surface area (Å²) in [5.74, 6) is 0. The van der Waals surface area contributed by atoms with Gasteiger partial charge < -0.3 is 9.32 Å². The van der Waals surface area contributed by atoms with Gasteiger partial charge in [-0.3, -0.25) is 4.98 Å². The van der Waals surface area contributed by atoms with E-state index in [2.05, 4.69) is 107 Å². The highest BCUT2D eigenvalue weighted by Crippen LogP contribution is 2.42. The topological polar surface area (TPSA) is 29.3 Å². The van der Waals surface area contributed by atoms with Gasteiger partial charge >= 0.3 is 0 Å². The molecule has 5 aromatic carbocycles. The van der Waals surface area contributed by atoms with Crippen molar-refractivity contribution in [3.63, 3.8) is 0 Å². The lowest BCUT2D eigenvalue weighted by molar-refractivity contribution is 0.669. The van der Waals surface area contributed by atoms with Gasteiger partial charge in [-0.25, -0.2) is 0 Å². The average Bonchev–Trinajstić information content (AvgIpc) is 3.56. The van der Waals surface area contributed by atoms with Gasteiger partial charge in [0.05, 0.1) is 5.69 Å². The van der Waals surface area contributed by atoms with Crippen LogP contribution in [0.15, 0.2) is 138 Å². The molecular weight excluding hydrogens is 496 g/mol. The summed E-state index contributed by atoms with van der Waals surface area (Å²) in [4.78, 5) is 6.83. The highest BCUT2D eigenvalue weighted by Gasteiger charge is 2.17. The summed E-state index contributed by atoms with van der Waals surface area (Å²) < 4.78 is 8.85. The van der Waals surface area contributed by atoms with Crippen LogP contribution in [0, 0.1) is 0 Å². The van der Waals surface area contributed by atoms with Gasteiger partial charge in [-0.15, -0.1) is 11.3 Å². The SMILES string of the molecule is c1ccc(-c2ccc(N(c3ccc4c(c3)oc3ccccc34)c3ccc4c(c3)sc3ccccc34)cc2)nc1. The minimum atomic E-state index is 0.881. The number of pyridine rings is 1. The highest BCUT2D eigenvalue weighted by molar-refractivity contribution is 7.25. The number of thiophene rings is 1. The number of para-hydroxylation sites is 1. The number of nitrogens with zero attached hydrogens (tertiary/aromatic N) is 2. The zero-order valence-corrected chi connectivity index (χ0v) is 21.7. The number of anilines is 3. The summed E-state index contributed by atoms with van der Waals surface area (Å²) in [6.45, 7) is 0. The molecule has 0 bridgehead atoms. The molecule has 0 aliphatic heterocycles. The predicted molar refractivity (Wildman–Crippen MR) is 165 cm³/mol. The second-order valence-electron chi connectivity index (χ2n) is 9.65. The number of hydrogen-bond acceptors (Lipinski definition) is 4. The summed E-state index contributed by atoms with van der Waals surface area (Å²) in [5, 5.41) is 4.85. The molecule has 3 aromatic heterocycles. The quantitative estimate of drug-likeness (QED) is 0.232. The van der Waals surface area contributed by atoms with Crippen LogP contribution in [0.4, 0.5) is 17.1 Å². The zero-order chi connectivity index (χ0) is 25.8. The third-order valence-corrected chi connectivity index (χ3v) is 8.46. The van der Waals surface area contributed by atoms with Crippen molar-refractivity contribution in [2.75, 3.05) is 4.90 Å². The summed E-state index contributed by atoms with van der Waals surface area (Å²) in [7, 11) is 0. The van der Waals surface area contributed by atoms with Gasteiger partial charge in [0.2, 0.25) is 0 Å². The van der Waals surface area contributed by atoms with Crippen LogP contribution >= 0.6 is 11.3 Å². The van der Waals surface area contributed by atoms with Crippen LogP contribution in [0.1, 0.15) is 0 Å². The fourth-order valence-corrected chi connectivity index (χ4v) is 6.61. The summed E-state index contributed by atoms with van der Waals surface area (Å²) in [6.07, 6.45) is 1.83. The molecule has 0 saturated carbocycles. The number of aromatic nitrogens is 1. The predicted octanol–water partition coefficient (Wildman–Crippen LogP) is 10.5. The van der Waals surface area contributed by atoms with Crippen molar-refractivity contribution in [2.24, 2.45) is 0 Å². The van der Waals surface area contributed by atoms with Crippen LogP contribution in [0.2, 0.25) is 0 Å². The van der Waals surface area contributed by atoms with Gasteiger partial charge in [-0.1, -0.05) is 60.7 Å². The van der Waals surface area contributed by atoms with E-state index >= 15 is 0 Å². The molecule has 0 spiro atoms. The maximum atomic E-state index is 6.27. The normalized spacial score (nSPS) is 11.6. The number of rotatable bonds is 4. The smallest absolute Gasteiger partial charge is 0.137 e. The average molecular weight is 519 g/mol.